The van der Waals surface area contributed by atoms with Gasteiger partial charge in [-0.15, -0.1) is 0 Å². The van der Waals surface area contributed by atoms with Crippen molar-refractivity contribution in [2.45, 2.75) is 17.8 Å². The zero-order valence-electron chi connectivity index (χ0n) is 16.7. The maximum absolute atomic E-state index is 12.9. The molecule has 1 unspecified atom stereocenters. The molecule has 1 aliphatic heterocycles. The Hall–Kier alpha value is -3.18. The van der Waals surface area contributed by atoms with Crippen LogP contribution in [-0.2, 0) is 10.2 Å². The van der Waals surface area contributed by atoms with E-state index in [9.17, 15) is 9.90 Å². The normalized spacial score (nSPS) is 20.1. The van der Waals surface area contributed by atoms with E-state index in [0.717, 1.165) is 5.69 Å². The van der Waals surface area contributed by atoms with E-state index in [4.69, 9.17) is 4.74 Å². The first kappa shape index (κ1) is 18.8. The van der Waals surface area contributed by atoms with Crippen LogP contribution in [0, 0.1) is 0 Å². The Labute approximate surface area is 176 Å². The molecule has 0 saturated carbocycles. The number of benzene rings is 2. The third kappa shape index (κ3) is 3.06. The van der Waals surface area contributed by atoms with Gasteiger partial charge in [0.15, 0.2) is 0 Å². The highest BCUT2D eigenvalue weighted by atomic mass is 16.6. The van der Waals surface area contributed by atoms with Crippen LogP contribution in [0.4, 0.5) is 4.79 Å². The molecule has 1 amide bonds. The highest BCUT2D eigenvalue weighted by molar-refractivity contribution is 5.79. The Balaban J connectivity index is 1.31. The molecule has 2 heterocycles. The summed E-state index contributed by atoms with van der Waals surface area (Å²) in [4.78, 5) is 19.0. The Morgan fingerprint density at radius 1 is 1.03 bits per heavy atom. The number of fused-ring (bicyclic) bond motifs is 3. The van der Waals surface area contributed by atoms with Crippen LogP contribution in [0.1, 0.15) is 29.2 Å². The molecule has 5 nitrogen and oxygen atoms in total. The number of rotatable bonds is 4. The van der Waals surface area contributed by atoms with Crippen molar-refractivity contribution in [2.75, 3.05) is 26.3 Å². The summed E-state index contributed by atoms with van der Waals surface area (Å²) in [6.07, 6.45) is 2.07. The lowest BCUT2D eigenvalue weighted by Gasteiger charge is -2.26. The van der Waals surface area contributed by atoms with Crippen LogP contribution in [0.15, 0.2) is 72.9 Å². The van der Waals surface area contributed by atoms with E-state index in [1.165, 1.54) is 22.3 Å². The second-order valence-electron chi connectivity index (χ2n) is 8.13. The summed E-state index contributed by atoms with van der Waals surface area (Å²) < 4.78 is 5.78. The van der Waals surface area contributed by atoms with Crippen molar-refractivity contribution in [2.24, 2.45) is 0 Å². The van der Waals surface area contributed by atoms with Gasteiger partial charge < -0.3 is 14.7 Å². The van der Waals surface area contributed by atoms with Gasteiger partial charge in [-0.25, -0.2) is 4.79 Å². The van der Waals surface area contributed by atoms with Gasteiger partial charge in [0.2, 0.25) is 0 Å². The van der Waals surface area contributed by atoms with E-state index in [1.54, 1.807) is 11.1 Å². The minimum Gasteiger partial charge on any atom is -0.448 e. The van der Waals surface area contributed by atoms with Crippen LogP contribution in [-0.4, -0.2) is 47.4 Å². The van der Waals surface area contributed by atoms with E-state index in [-0.39, 0.29) is 18.6 Å². The number of hydrogen-bond acceptors (Lipinski definition) is 4. The highest BCUT2D eigenvalue weighted by Crippen LogP contribution is 2.44. The van der Waals surface area contributed by atoms with E-state index in [0.29, 0.717) is 26.1 Å². The molecule has 3 aromatic rings. The molecule has 1 aliphatic carbocycles. The molecule has 1 fully saturated rings. The van der Waals surface area contributed by atoms with Crippen molar-refractivity contribution < 1.29 is 14.6 Å². The lowest BCUT2D eigenvalue weighted by molar-refractivity contribution is 0.103. The van der Waals surface area contributed by atoms with Crippen LogP contribution in [0.2, 0.25) is 0 Å². The fraction of sp³-hybridized carbons (Fsp3) is 0.280. The van der Waals surface area contributed by atoms with Crippen molar-refractivity contribution in [3.8, 4) is 11.1 Å². The van der Waals surface area contributed by atoms with Gasteiger partial charge in [-0.05, 0) is 40.8 Å². The molecule has 5 rings (SSSR count). The molecule has 1 atom stereocenters. The second-order valence-corrected chi connectivity index (χ2v) is 8.13. The average molecular weight is 400 g/mol. The molecule has 0 radical (unpaired) electrons. The summed E-state index contributed by atoms with van der Waals surface area (Å²) in [6.45, 7) is 1.22. The molecule has 5 heteroatoms. The first-order valence-electron chi connectivity index (χ1n) is 10.3. The number of aliphatic hydroxyl groups is 1. The molecule has 1 N–H and O–H groups in total. The van der Waals surface area contributed by atoms with Crippen LogP contribution in [0.25, 0.3) is 11.1 Å². The molecular formula is C25H24N2O3. The minimum absolute atomic E-state index is 0.0438. The number of likely N-dealkylation sites (tertiary alicyclic amines) is 1. The topological polar surface area (TPSA) is 62.7 Å². The summed E-state index contributed by atoms with van der Waals surface area (Å²) in [6, 6.07) is 22.3. The zero-order chi connectivity index (χ0) is 20.6. The predicted molar refractivity (Wildman–Crippen MR) is 114 cm³/mol. The van der Waals surface area contributed by atoms with Gasteiger partial charge in [0.05, 0.1) is 17.7 Å². The lowest BCUT2D eigenvalue weighted by Crippen LogP contribution is -2.38. The van der Waals surface area contributed by atoms with Crippen molar-refractivity contribution in [1.82, 2.24) is 9.88 Å². The molecule has 1 saturated heterocycles. The standard InChI is InChI=1S/C25H24N2O3/c28-17-25(23-11-5-6-13-26-23)12-14-27(16-25)24(29)30-15-22-20-9-3-1-7-18(20)19-8-2-4-10-21(19)22/h1-11,13,22,28H,12,14-17H2. The fourth-order valence-electron chi connectivity index (χ4n) is 4.81. The largest absolute Gasteiger partial charge is 0.448 e. The van der Waals surface area contributed by atoms with Crippen molar-refractivity contribution in [3.63, 3.8) is 0 Å². The maximum Gasteiger partial charge on any atom is 0.409 e. The van der Waals surface area contributed by atoms with Gasteiger partial charge >= 0.3 is 6.09 Å². The number of nitrogens with zero attached hydrogens (tertiary/aromatic N) is 2. The quantitative estimate of drug-likeness (QED) is 0.720. The fourth-order valence-corrected chi connectivity index (χ4v) is 4.81. The number of aromatic nitrogens is 1. The molecule has 2 aromatic carbocycles. The Morgan fingerprint density at radius 3 is 2.33 bits per heavy atom. The van der Waals surface area contributed by atoms with Crippen molar-refractivity contribution >= 4 is 6.09 Å². The highest BCUT2D eigenvalue weighted by Gasteiger charge is 2.43. The minimum atomic E-state index is -0.521. The SMILES string of the molecule is O=C(OCC1c2ccccc2-c2ccccc21)N1CCC(CO)(c2ccccn2)C1. The van der Waals surface area contributed by atoms with Gasteiger partial charge in [0, 0.05) is 25.2 Å². The number of amides is 1. The number of carbonyl (C=O) groups is 1. The van der Waals surface area contributed by atoms with Gasteiger partial charge in [-0.2, -0.15) is 0 Å². The lowest BCUT2D eigenvalue weighted by atomic mass is 9.84. The van der Waals surface area contributed by atoms with Crippen LogP contribution in [0.5, 0.6) is 0 Å². The molecular weight excluding hydrogens is 376 g/mol. The van der Waals surface area contributed by atoms with Crippen molar-refractivity contribution in [3.05, 3.63) is 89.7 Å². The Kier molecular flexibility index (Phi) is 4.75. The first-order valence-corrected chi connectivity index (χ1v) is 10.3. The summed E-state index contributed by atoms with van der Waals surface area (Å²) in [5, 5.41) is 10.1. The number of hydrogen-bond donors (Lipinski definition) is 1. The number of pyridine rings is 1. The Morgan fingerprint density at radius 2 is 1.70 bits per heavy atom. The predicted octanol–water partition coefficient (Wildman–Crippen LogP) is 3.97. The van der Waals surface area contributed by atoms with Crippen LogP contribution in [0.3, 0.4) is 0 Å². The number of carbonyl (C=O) groups excluding carboxylic acids is 1. The summed E-state index contributed by atoms with van der Waals surface area (Å²) in [5.41, 5.74) is 5.13. The van der Waals surface area contributed by atoms with E-state index >= 15 is 0 Å². The summed E-state index contributed by atoms with van der Waals surface area (Å²) >= 11 is 0. The third-order valence-electron chi connectivity index (χ3n) is 6.46. The third-order valence-corrected chi connectivity index (χ3v) is 6.46. The summed E-state index contributed by atoms with van der Waals surface area (Å²) in [5.74, 6) is 0.0438. The average Bonchev–Trinajstić information content (AvgIpc) is 3.39. The molecule has 0 bridgehead atoms. The summed E-state index contributed by atoms with van der Waals surface area (Å²) in [7, 11) is 0. The van der Waals surface area contributed by atoms with Gasteiger partial charge in [-0.3, -0.25) is 4.98 Å². The Bertz CT molecular complexity index is 1020. The van der Waals surface area contributed by atoms with Gasteiger partial charge in [0.25, 0.3) is 0 Å². The van der Waals surface area contributed by atoms with E-state index < -0.39 is 5.41 Å². The smallest absolute Gasteiger partial charge is 0.409 e. The number of aliphatic hydroxyl groups excluding tert-OH is 1. The van der Waals surface area contributed by atoms with Crippen LogP contribution >= 0.6 is 0 Å². The van der Waals surface area contributed by atoms with Gasteiger partial charge in [0.1, 0.15) is 6.61 Å². The molecule has 1 aromatic heterocycles. The van der Waals surface area contributed by atoms with Gasteiger partial charge in [-0.1, -0.05) is 54.6 Å². The molecule has 2 aliphatic rings. The monoisotopic (exact) mass is 400 g/mol. The second kappa shape index (κ2) is 7.58. The first-order chi connectivity index (χ1) is 14.7. The maximum atomic E-state index is 12.9. The zero-order valence-corrected chi connectivity index (χ0v) is 16.7. The molecule has 152 valence electrons. The number of ether oxygens (including phenoxy) is 1. The van der Waals surface area contributed by atoms with E-state index in [2.05, 4.69) is 29.2 Å². The van der Waals surface area contributed by atoms with Crippen LogP contribution < -0.4 is 0 Å². The van der Waals surface area contributed by atoms with Crippen molar-refractivity contribution in [1.29, 1.82) is 0 Å². The molecule has 0 spiro atoms. The molecule has 30 heavy (non-hydrogen) atoms. The van der Waals surface area contributed by atoms with E-state index in [1.807, 2.05) is 42.5 Å².